The molecule has 11 heteroatoms. The smallest absolute Gasteiger partial charge is 0.284 e. The average Bonchev–Trinajstić information content (AvgIpc) is 3.52. The van der Waals surface area contributed by atoms with Crippen LogP contribution in [0.3, 0.4) is 0 Å². The summed E-state index contributed by atoms with van der Waals surface area (Å²) in [5, 5.41) is 9.53. The van der Waals surface area contributed by atoms with Gasteiger partial charge in [-0.1, -0.05) is 0 Å². The van der Waals surface area contributed by atoms with Crippen molar-refractivity contribution in [3.8, 4) is 17.1 Å². The van der Waals surface area contributed by atoms with Gasteiger partial charge in [-0.2, -0.15) is 5.10 Å². The van der Waals surface area contributed by atoms with Gasteiger partial charge in [0.15, 0.2) is 16.5 Å². The Bertz CT molecular complexity index is 1170. The van der Waals surface area contributed by atoms with Crippen LogP contribution in [0, 0.1) is 0 Å². The molecule has 3 aromatic rings. The Balaban J connectivity index is 1.44. The number of ketones is 1. The second kappa shape index (κ2) is 10.4. The Kier molecular flexibility index (Phi) is 6.93. The van der Waals surface area contributed by atoms with E-state index in [2.05, 4.69) is 20.4 Å². The molecule has 5 heterocycles. The molecular formula is C23H25N5O5S. The van der Waals surface area contributed by atoms with Gasteiger partial charge in [-0.15, -0.1) is 11.3 Å². The molecule has 0 saturated carbocycles. The number of hydrogen-bond donors (Lipinski definition) is 1. The van der Waals surface area contributed by atoms with E-state index in [1.165, 1.54) is 11.3 Å². The maximum Gasteiger partial charge on any atom is 0.284 e. The van der Waals surface area contributed by atoms with Crippen LogP contribution in [0.1, 0.15) is 52.0 Å². The summed E-state index contributed by atoms with van der Waals surface area (Å²) >= 11 is 1.23. The lowest BCUT2D eigenvalue weighted by Gasteiger charge is -2.22. The Morgan fingerprint density at radius 3 is 2.82 bits per heavy atom. The van der Waals surface area contributed by atoms with Crippen molar-refractivity contribution in [3.63, 3.8) is 0 Å². The monoisotopic (exact) mass is 483 g/mol. The van der Waals surface area contributed by atoms with E-state index < -0.39 is 0 Å². The first-order chi connectivity index (χ1) is 16.7. The number of ether oxygens (including phenoxy) is 3. The topological polar surface area (TPSA) is 117 Å². The third-order valence-corrected chi connectivity index (χ3v) is 6.55. The molecule has 1 amide bonds. The van der Waals surface area contributed by atoms with Crippen LogP contribution in [0.4, 0.5) is 5.69 Å². The van der Waals surface area contributed by atoms with E-state index in [4.69, 9.17) is 14.2 Å². The fraction of sp³-hybridized carbons (Fsp3) is 0.435. The van der Waals surface area contributed by atoms with Crippen LogP contribution in [0.2, 0.25) is 0 Å². The standard InChI is InChI=1S/C23H25N5O5S/c29-19-2-1-7-31-10-11-33-20-12-15(3-6-24-20)18-14-34-23(26-18)22(30)25-17-13-28(27-21(17)19)16-4-8-32-9-5-16/h3,6,12-14,16H,1-2,4-5,7-11H2,(H,25,30). The maximum atomic E-state index is 13.0. The number of carbonyl (C=O) groups is 2. The van der Waals surface area contributed by atoms with Gasteiger partial charge in [-0.05, 0) is 25.3 Å². The predicted molar refractivity (Wildman–Crippen MR) is 124 cm³/mol. The number of nitrogens with zero attached hydrogens (tertiary/aromatic N) is 4. The number of carbonyl (C=O) groups excluding carboxylic acids is 2. The molecular weight excluding hydrogens is 458 g/mol. The second-order valence-corrected chi connectivity index (χ2v) is 8.94. The third kappa shape index (κ3) is 5.16. The molecule has 10 nitrogen and oxygen atoms in total. The van der Waals surface area contributed by atoms with Gasteiger partial charge < -0.3 is 19.5 Å². The summed E-state index contributed by atoms with van der Waals surface area (Å²) in [5.41, 5.74) is 2.11. The van der Waals surface area contributed by atoms with Crippen molar-refractivity contribution in [2.24, 2.45) is 0 Å². The quantitative estimate of drug-likeness (QED) is 0.560. The minimum Gasteiger partial charge on any atom is -0.475 e. The molecule has 0 atom stereocenters. The molecule has 1 N–H and O–H groups in total. The molecule has 5 rings (SSSR count). The molecule has 0 unspecified atom stereocenters. The molecule has 34 heavy (non-hydrogen) atoms. The second-order valence-electron chi connectivity index (χ2n) is 8.08. The fourth-order valence-corrected chi connectivity index (χ4v) is 4.64. The number of pyridine rings is 1. The van der Waals surface area contributed by atoms with Crippen LogP contribution in [-0.2, 0) is 9.47 Å². The van der Waals surface area contributed by atoms with Crippen LogP contribution < -0.4 is 10.1 Å². The number of hydrogen-bond acceptors (Lipinski definition) is 9. The number of amides is 1. The van der Waals surface area contributed by atoms with E-state index in [0.717, 1.165) is 18.4 Å². The van der Waals surface area contributed by atoms with Crippen LogP contribution in [0.5, 0.6) is 5.88 Å². The normalized spacial score (nSPS) is 18.4. The molecule has 1 saturated heterocycles. The van der Waals surface area contributed by atoms with Gasteiger partial charge in [0, 0.05) is 55.6 Å². The minimum atomic E-state index is -0.383. The van der Waals surface area contributed by atoms with E-state index >= 15 is 0 Å². The van der Waals surface area contributed by atoms with Crippen LogP contribution >= 0.6 is 11.3 Å². The molecule has 178 valence electrons. The first-order valence-corrected chi connectivity index (χ1v) is 12.2. The average molecular weight is 484 g/mol. The van der Waals surface area contributed by atoms with Crippen molar-refractivity contribution in [1.82, 2.24) is 19.7 Å². The number of anilines is 1. The summed E-state index contributed by atoms with van der Waals surface area (Å²) in [6.07, 6.45) is 5.81. The number of rotatable bonds is 1. The fourth-order valence-electron chi connectivity index (χ4n) is 3.92. The number of Topliss-reactive ketones (excluding diaryl/α,β-unsaturated/α-hetero) is 1. The van der Waals surface area contributed by atoms with Gasteiger partial charge in [-0.25, -0.2) is 9.97 Å². The first-order valence-electron chi connectivity index (χ1n) is 11.3. The summed E-state index contributed by atoms with van der Waals surface area (Å²) in [6.45, 7) is 2.45. The Morgan fingerprint density at radius 2 is 1.94 bits per heavy atom. The first kappa shape index (κ1) is 22.6. The van der Waals surface area contributed by atoms with E-state index in [1.54, 1.807) is 23.1 Å². The molecule has 1 fully saturated rings. The van der Waals surface area contributed by atoms with Crippen LogP contribution in [0.15, 0.2) is 29.9 Å². The molecule has 0 aliphatic carbocycles. The summed E-state index contributed by atoms with van der Waals surface area (Å²) in [7, 11) is 0. The van der Waals surface area contributed by atoms with Crippen LogP contribution in [-0.4, -0.2) is 64.5 Å². The van der Waals surface area contributed by atoms with E-state index in [9.17, 15) is 9.59 Å². The lowest BCUT2D eigenvalue weighted by Crippen LogP contribution is -2.20. The highest BCUT2D eigenvalue weighted by Crippen LogP contribution is 2.27. The van der Waals surface area contributed by atoms with Gasteiger partial charge in [-0.3, -0.25) is 14.3 Å². The lowest BCUT2D eigenvalue weighted by atomic mass is 10.1. The third-order valence-electron chi connectivity index (χ3n) is 5.71. The van der Waals surface area contributed by atoms with Gasteiger partial charge in [0.1, 0.15) is 6.61 Å². The number of thiazole rings is 1. The van der Waals surface area contributed by atoms with E-state index in [-0.39, 0.29) is 29.8 Å². The molecule has 4 bridgehead atoms. The van der Waals surface area contributed by atoms with Crippen molar-refractivity contribution >= 4 is 28.7 Å². The number of aromatic nitrogens is 4. The minimum absolute atomic E-state index is 0.128. The number of fused-ring (bicyclic) bond motifs is 6. The van der Waals surface area contributed by atoms with Gasteiger partial charge in [0.05, 0.1) is 24.0 Å². The van der Waals surface area contributed by atoms with Gasteiger partial charge in [0.2, 0.25) is 5.88 Å². The zero-order valence-electron chi connectivity index (χ0n) is 18.6. The van der Waals surface area contributed by atoms with E-state index in [1.807, 2.05) is 11.4 Å². The van der Waals surface area contributed by atoms with Crippen molar-refractivity contribution in [3.05, 3.63) is 40.6 Å². The predicted octanol–water partition coefficient (Wildman–Crippen LogP) is 3.38. The lowest BCUT2D eigenvalue weighted by molar-refractivity contribution is 0.0660. The highest BCUT2D eigenvalue weighted by atomic mass is 32.1. The Labute approximate surface area is 200 Å². The maximum absolute atomic E-state index is 13.0. The Hall–Kier alpha value is -3.15. The highest BCUT2D eigenvalue weighted by molar-refractivity contribution is 7.12. The molecule has 2 aliphatic rings. The highest BCUT2D eigenvalue weighted by Gasteiger charge is 2.24. The molecule has 0 aromatic carbocycles. The van der Waals surface area contributed by atoms with Crippen molar-refractivity contribution in [2.45, 2.75) is 31.7 Å². The summed E-state index contributed by atoms with van der Waals surface area (Å²) < 4.78 is 18.5. The van der Waals surface area contributed by atoms with Crippen molar-refractivity contribution < 1.29 is 23.8 Å². The zero-order chi connectivity index (χ0) is 23.3. The molecule has 0 radical (unpaired) electrons. The molecule has 0 spiro atoms. The summed E-state index contributed by atoms with van der Waals surface area (Å²) in [6, 6.07) is 3.73. The largest absolute Gasteiger partial charge is 0.475 e. The Morgan fingerprint density at radius 1 is 1.09 bits per heavy atom. The van der Waals surface area contributed by atoms with Crippen LogP contribution in [0.25, 0.3) is 11.3 Å². The SMILES string of the molecule is O=C1Nc2cn(C3CCOCC3)nc2C(=O)CCCOCCOc2cc(ccn2)-c2csc1n2. The van der Waals surface area contributed by atoms with E-state index in [0.29, 0.717) is 61.7 Å². The summed E-state index contributed by atoms with van der Waals surface area (Å²) in [4.78, 5) is 34.7. The zero-order valence-corrected chi connectivity index (χ0v) is 19.4. The number of nitrogens with one attached hydrogen (secondary N) is 1. The summed E-state index contributed by atoms with van der Waals surface area (Å²) in [5.74, 6) is -0.0607. The van der Waals surface area contributed by atoms with Gasteiger partial charge in [0.25, 0.3) is 5.91 Å². The van der Waals surface area contributed by atoms with Crippen molar-refractivity contribution in [1.29, 1.82) is 0 Å². The molecule has 2 aliphatic heterocycles. The van der Waals surface area contributed by atoms with Gasteiger partial charge >= 0.3 is 0 Å². The van der Waals surface area contributed by atoms with Crippen molar-refractivity contribution in [2.75, 3.05) is 38.4 Å². The molecule has 3 aromatic heterocycles.